The second-order valence-corrected chi connectivity index (χ2v) is 11.2. The van der Waals surface area contributed by atoms with Crippen molar-refractivity contribution in [3.8, 4) is 16.9 Å². The molecule has 2 heterocycles. The van der Waals surface area contributed by atoms with Gasteiger partial charge in [-0.2, -0.15) is 0 Å². The zero-order valence-electron chi connectivity index (χ0n) is 25.7. The van der Waals surface area contributed by atoms with Gasteiger partial charge in [-0.1, -0.05) is 12.1 Å². The van der Waals surface area contributed by atoms with Crippen molar-refractivity contribution in [3.05, 3.63) is 66.5 Å². The molecule has 1 saturated heterocycles. The third-order valence-corrected chi connectivity index (χ3v) is 6.63. The van der Waals surface area contributed by atoms with E-state index in [1.807, 2.05) is 31.2 Å². The fourth-order valence-electron chi connectivity index (χ4n) is 4.41. The molecular weight excluding hydrogens is 564 g/mol. The number of hydrogen-bond acceptors (Lipinski definition) is 10. The summed E-state index contributed by atoms with van der Waals surface area (Å²) in [6.07, 6.45) is 3.17. The van der Waals surface area contributed by atoms with E-state index < -0.39 is 11.6 Å². The average molecular weight is 605 g/mol. The standard InChI is InChI=1S/C32H40N6O6/c1-5-42-31(41)38-16-14-37(15-17-38)18-19-43-27-12-10-26(11-13-27)36-30-34-20-25(21-35-30)23-6-8-24(9-7-23)29(40)33-22-28(39)44-32(2,3)4/h6-13,20-21H,5,14-19,22H2,1-4H3,(H,33,40)(H,34,35,36). The fourth-order valence-corrected chi connectivity index (χ4v) is 4.41. The van der Waals surface area contributed by atoms with E-state index in [-0.39, 0.29) is 18.5 Å². The summed E-state index contributed by atoms with van der Waals surface area (Å²) in [5.41, 5.74) is 2.29. The second-order valence-electron chi connectivity index (χ2n) is 11.2. The van der Waals surface area contributed by atoms with Crippen molar-refractivity contribution < 1.29 is 28.6 Å². The van der Waals surface area contributed by atoms with E-state index in [1.165, 1.54) is 0 Å². The molecular formula is C32H40N6O6. The molecule has 0 aliphatic carbocycles. The second kappa shape index (κ2) is 15.1. The lowest BCUT2D eigenvalue weighted by Gasteiger charge is -2.33. The number of carbonyl (C=O) groups excluding carboxylic acids is 3. The molecule has 0 bridgehead atoms. The first-order chi connectivity index (χ1) is 21.1. The number of anilines is 2. The summed E-state index contributed by atoms with van der Waals surface area (Å²) in [5, 5.41) is 5.76. The van der Waals surface area contributed by atoms with Crippen LogP contribution in [0.2, 0.25) is 0 Å². The highest BCUT2D eigenvalue weighted by molar-refractivity contribution is 5.96. The van der Waals surface area contributed by atoms with E-state index in [4.69, 9.17) is 14.2 Å². The number of rotatable bonds is 11. The highest BCUT2D eigenvalue weighted by Gasteiger charge is 2.21. The minimum absolute atomic E-state index is 0.200. The van der Waals surface area contributed by atoms with Crippen LogP contribution in [0.25, 0.3) is 11.1 Å². The third kappa shape index (κ3) is 9.94. The highest BCUT2D eigenvalue weighted by Crippen LogP contribution is 2.22. The zero-order valence-corrected chi connectivity index (χ0v) is 25.7. The summed E-state index contributed by atoms with van der Waals surface area (Å²) >= 11 is 0. The molecule has 0 atom stereocenters. The van der Waals surface area contributed by atoms with E-state index in [0.717, 1.165) is 42.2 Å². The summed E-state index contributed by atoms with van der Waals surface area (Å²) in [5.74, 6) is 0.357. The number of piperazine rings is 1. The summed E-state index contributed by atoms with van der Waals surface area (Å²) < 4.78 is 16.2. The van der Waals surface area contributed by atoms with Gasteiger partial charge in [-0.15, -0.1) is 0 Å². The molecule has 0 unspecified atom stereocenters. The normalized spacial score (nSPS) is 13.6. The van der Waals surface area contributed by atoms with E-state index in [2.05, 4.69) is 25.5 Å². The predicted octanol–water partition coefficient (Wildman–Crippen LogP) is 4.11. The smallest absolute Gasteiger partial charge is 0.409 e. The van der Waals surface area contributed by atoms with Gasteiger partial charge in [0.1, 0.15) is 24.5 Å². The Morgan fingerprint density at radius 3 is 2.16 bits per heavy atom. The number of hydrogen-bond donors (Lipinski definition) is 2. The van der Waals surface area contributed by atoms with Crippen LogP contribution >= 0.6 is 0 Å². The molecule has 12 heteroatoms. The molecule has 1 aliphatic rings. The van der Waals surface area contributed by atoms with Crippen LogP contribution < -0.4 is 15.4 Å². The molecule has 3 aromatic rings. The zero-order chi connectivity index (χ0) is 31.5. The van der Waals surface area contributed by atoms with Crippen molar-refractivity contribution in [1.29, 1.82) is 0 Å². The van der Waals surface area contributed by atoms with Crippen molar-refractivity contribution in [2.45, 2.75) is 33.3 Å². The lowest BCUT2D eigenvalue weighted by atomic mass is 10.1. The first kappa shape index (κ1) is 32.2. The van der Waals surface area contributed by atoms with Gasteiger partial charge < -0.3 is 29.7 Å². The van der Waals surface area contributed by atoms with Gasteiger partial charge in [-0.05, 0) is 69.7 Å². The number of nitrogens with one attached hydrogen (secondary N) is 2. The number of ether oxygens (including phenoxy) is 3. The minimum Gasteiger partial charge on any atom is -0.492 e. The molecule has 2 N–H and O–H groups in total. The molecule has 0 spiro atoms. The number of carbonyl (C=O) groups is 3. The number of aromatic nitrogens is 2. The molecule has 44 heavy (non-hydrogen) atoms. The van der Waals surface area contributed by atoms with E-state index >= 15 is 0 Å². The summed E-state index contributed by atoms with van der Waals surface area (Å²) in [6.45, 7) is 11.6. The maximum absolute atomic E-state index is 12.4. The monoisotopic (exact) mass is 604 g/mol. The van der Waals surface area contributed by atoms with Gasteiger partial charge in [0.25, 0.3) is 5.91 Å². The molecule has 1 fully saturated rings. The van der Waals surface area contributed by atoms with Crippen LogP contribution in [0.15, 0.2) is 60.9 Å². The Bertz CT molecular complexity index is 1380. The Labute approximate surface area is 257 Å². The molecule has 1 aliphatic heterocycles. The van der Waals surface area contributed by atoms with Crippen LogP contribution in [0.5, 0.6) is 5.75 Å². The largest absolute Gasteiger partial charge is 0.492 e. The Morgan fingerprint density at radius 2 is 1.55 bits per heavy atom. The van der Waals surface area contributed by atoms with Gasteiger partial charge in [-0.3, -0.25) is 14.5 Å². The van der Waals surface area contributed by atoms with Crippen LogP contribution in [0.4, 0.5) is 16.4 Å². The van der Waals surface area contributed by atoms with Gasteiger partial charge in [-0.25, -0.2) is 14.8 Å². The Kier molecular flexibility index (Phi) is 11.1. The first-order valence-corrected chi connectivity index (χ1v) is 14.7. The van der Waals surface area contributed by atoms with Crippen molar-refractivity contribution in [2.75, 3.05) is 57.8 Å². The van der Waals surface area contributed by atoms with Crippen LogP contribution in [0.1, 0.15) is 38.1 Å². The molecule has 2 amide bonds. The topological polar surface area (TPSA) is 135 Å². The SMILES string of the molecule is CCOC(=O)N1CCN(CCOc2ccc(Nc3ncc(-c4ccc(C(=O)NCC(=O)OC(C)(C)C)cc4)cn3)cc2)CC1. The van der Waals surface area contributed by atoms with E-state index in [1.54, 1.807) is 62.3 Å². The van der Waals surface area contributed by atoms with Gasteiger partial charge in [0, 0.05) is 61.9 Å². The number of esters is 1. The fraction of sp³-hybridized carbons (Fsp3) is 0.406. The summed E-state index contributed by atoms with van der Waals surface area (Å²) in [4.78, 5) is 48.9. The van der Waals surface area contributed by atoms with Crippen LogP contribution in [-0.2, 0) is 14.3 Å². The molecule has 0 radical (unpaired) electrons. The number of amides is 2. The Balaban J connectivity index is 1.19. The average Bonchev–Trinajstić information content (AvgIpc) is 3.01. The molecule has 1 aromatic heterocycles. The molecule has 4 rings (SSSR count). The van der Waals surface area contributed by atoms with Gasteiger partial charge in [0.15, 0.2) is 0 Å². The van der Waals surface area contributed by atoms with E-state index in [0.29, 0.717) is 37.8 Å². The van der Waals surface area contributed by atoms with Crippen LogP contribution in [-0.4, -0.2) is 95.8 Å². The van der Waals surface area contributed by atoms with Gasteiger partial charge in [0.2, 0.25) is 5.95 Å². The summed E-state index contributed by atoms with van der Waals surface area (Å²) in [6, 6.07) is 14.5. The van der Waals surface area contributed by atoms with Crippen LogP contribution in [0, 0.1) is 0 Å². The Morgan fingerprint density at radius 1 is 0.886 bits per heavy atom. The van der Waals surface area contributed by atoms with Gasteiger partial charge in [0.05, 0.1) is 6.61 Å². The maximum Gasteiger partial charge on any atom is 0.409 e. The molecule has 0 saturated carbocycles. The molecule has 12 nitrogen and oxygen atoms in total. The first-order valence-electron chi connectivity index (χ1n) is 14.7. The quantitative estimate of drug-likeness (QED) is 0.308. The Hall–Kier alpha value is -4.71. The lowest BCUT2D eigenvalue weighted by molar-refractivity contribution is -0.153. The highest BCUT2D eigenvalue weighted by atomic mass is 16.6. The third-order valence-electron chi connectivity index (χ3n) is 6.63. The number of benzene rings is 2. The van der Waals surface area contributed by atoms with Crippen LogP contribution in [0.3, 0.4) is 0 Å². The number of nitrogens with zero attached hydrogens (tertiary/aromatic N) is 4. The van der Waals surface area contributed by atoms with Crippen molar-refractivity contribution >= 4 is 29.6 Å². The minimum atomic E-state index is -0.608. The maximum atomic E-state index is 12.4. The summed E-state index contributed by atoms with van der Waals surface area (Å²) in [7, 11) is 0. The van der Waals surface area contributed by atoms with Crippen molar-refractivity contribution in [2.24, 2.45) is 0 Å². The molecule has 2 aromatic carbocycles. The lowest BCUT2D eigenvalue weighted by Crippen LogP contribution is -2.49. The molecule has 234 valence electrons. The van der Waals surface area contributed by atoms with E-state index in [9.17, 15) is 14.4 Å². The van der Waals surface area contributed by atoms with Crippen molar-refractivity contribution in [3.63, 3.8) is 0 Å². The van der Waals surface area contributed by atoms with Crippen molar-refractivity contribution in [1.82, 2.24) is 25.1 Å². The van der Waals surface area contributed by atoms with Gasteiger partial charge >= 0.3 is 12.1 Å². The predicted molar refractivity (Wildman–Crippen MR) is 166 cm³/mol.